The molecular weight excluding hydrogens is 363 g/mol. The van der Waals surface area contributed by atoms with Gasteiger partial charge in [-0.1, -0.05) is 0 Å². The van der Waals surface area contributed by atoms with E-state index in [9.17, 15) is 14.7 Å². The number of Topliss-reactive ketones (excluding diaryl/α,β-unsaturated/α-hetero) is 1. The molecule has 7 nitrogen and oxygen atoms in total. The smallest absolute Gasteiger partial charge is 0.546 e. The van der Waals surface area contributed by atoms with Crippen LogP contribution < -0.4 is 44.1 Å². The van der Waals surface area contributed by atoms with Gasteiger partial charge in [-0.25, -0.2) is 0 Å². The van der Waals surface area contributed by atoms with Crippen molar-refractivity contribution in [3.05, 3.63) is 59.7 Å². The summed E-state index contributed by atoms with van der Waals surface area (Å²) >= 11 is 0. The van der Waals surface area contributed by atoms with Gasteiger partial charge < -0.3 is 28.8 Å². The first-order valence-electron chi connectivity index (χ1n) is 7.69. The summed E-state index contributed by atoms with van der Waals surface area (Å²) < 4.78 is 21.0. The number of methoxy groups -OCH3 is 3. The van der Waals surface area contributed by atoms with Crippen molar-refractivity contribution in [3.8, 4) is 11.5 Å². The summed E-state index contributed by atoms with van der Waals surface area (Å²) in [5.41, 5.74) is 0.816. The van der Waals surface area contributed by atoms with Crippen molar-refractivity contribution in [1.29, 1.82) is 0 Å². The monoisotopic (exact) mass is 382 g/mol. The predicted octanol–water partition coefficient (Wildman–Crippen LogP) is -1.84. The number of carbonyl (C=O) groups excluding carboxylic acids is 2. The normalized spacial score (nSPS) is 10.6. The average Bonchev–Trinajstić information content (AvgIpc) is 2.68. The molecule has 0 heterocycles. The zero-order valence-corrected chi connectivity index (χ0v) is 17.7. The summed E-state index contributed by atoms with van der Waals surface area (Å²) in [5, 5.41) is 10.4. The largest absolute Gasteiger partial charge is 1.00 e. The molecule has 2 aromatic carbocycles. The van der Waals surface area contributed by atoms with E-state index in [0.717, 1.165) is 0 Å². The minimum Gasteiger partial charge on any atom is -0.546 e. The van der Waals surface area contributed by atoms with E-state index in [2.05, 4.69) is 0 Å². The number of carbonyl (C=O) groups is 2. The maximum absolute atomic E-state index is 13.0. The van der Waals surface area contributed by atoms with Crippen molar-refractivity contribution >= 4 is 11.8 Å². The number of ether oxygens (including phenoxy) is 4. The molecule has 0 aliphatic heterocycles. The van der Waals surface area contributed by atoms with Crippen LogP contribution in [0.3, 0.4) is 0 Å². The van der Waals surface area contributed by atoms with Crippen LogP contribution in [0.15, 0.2) is 48.5 Å². The molecule has 0 saturated heterocycles. The van der Waals surface area contributed by atoms with E-state index >= 15 is 0 Å². The molecule has 2 aromatic rings. The minimum absolute atomic E-state index is 0. The minimum atomic E-state index is -1.63. The van der Waals surface area contributed by atoms with Crippen LogP contribution >= 0.6 is 0 Å². The second kappa shape index (κ2) is 10.4. The van der Waals surface area contributed by atoms with Gasteiger partial charge in [0.1, 0.15) is 18.1 Å². The van der Waals surface area contributed by atoms with Crippen LogP contribution in [0.25, 0.3) is 0 Å². The van der Waals surface area contributed by atoms with Crippen molar-refractivity contribution in [3.63, 3.8) is 0 Å². The molecule has 0 aromatic heterocycles. The first kappa shape index (κ1) is 23.1. The molecule has 2 rings (SSSR count). The van der Waals surface area contributed by atoms with Crippen LogP contribution in [0.2, 0.25) is 0 Å². The number of ketones is 1. The fourth-order valence-electron chi connectivity index (χ4n) is 2.48. The van der Waals surface area contributed by atoms with E-state index in [4.69, 9.17) is 18.9 Å². The van der Waals surface area contributed by atoms with Crippen LogP contribution in [0.5, 0.6) is 11.5 Å². The van der Waals surface area contributed by atoms with Gasteiger partial charge in [0.05, 0.1) is 13.1 Å². The summed E-state index contributed by atoms with van der Waals surface area (Å²) in [5.74, 6) is -2.44. The summed E-state index contributed by atoms with van der Waals surface area (Å²) in [6, 6.07) is 12.7. The van der Waals surface area contributed by atoms with Gasteiger partial charge in [0.15, 0.2) is 0 Å². The van der Waals surface area contributed by atoms with E-state index in [1.807, 2.05) is 0 Å². The Morgan fingerprint density at radius 3 is 1.85 bits per heavy atom. The van der Waals surface area contributed by atoms with Crippen LogP contribution in [0, 0.1) is 0 Å². The Morgan fingerprint density at radius 1 is 0.889 bits per heavy atom. The van der Waals surface area contributed by atoms with Gasteiger partial charge in [-0.05, 0) is 48.5 Å². The van der Waals surface area contributed by atoms with Crippen molar-refractivity contribution in [2.45, 2.75) is 5.79 Å². The zero-order valence-electron chi connectivity index (χ0n) is 15.7. The van der Waals surface area contributed by atoms with Gasteiger partial charge in [0.25, 0.3) is 5.79 Å². The molecule has 0 unspecified atom stereocenters. The summed E-state index contributed by atoms with van der Waals surface area (Å²) in [7, 11) is 4.30. The Morgan fingerprint density at radius 2 is 1.41 bits per heavy atom. The van der Waals surface area contributed by atoms with Crippen molar-refractivity contribution in [2.75, 3.05) is 27.9 Å². The van der Waals surface area contributed by atoms with Crippen LogP contribution in [-0.2, 0) is 20.1 Å². The van der Waals surface area contributed by atoms with E-state index in [1.165, 1.54) is 38.5 Å². The van der Waals surface area contributed by atoms with Crippen LogP contribution in [0.4, 0.5) is 0 Å². The van der Waals surface area contributed by atoms with E-state index in [-0.39, 0.29) is 29.6 Å². The Kier molecular flexibility index (Phi) is 8.95. The van der Waals surface area contributed by atoms with E-state index < -0.39 is 24.1 Å². The summed E-state index contributed by atoms with van der Waals surface area (Å²) in [4.78, 5) is 23.5. The van der Waals surface area contributed by atoms with Crippen LogP contribution in [-0.4, -0.2) is 39.7 Å². The Bertz CT molecular complexity index is 753. The number of aliphatic carboxylic acids is 1. The van der Waals surface area contributed by atoms with Gasteiger partial charge in [0.2, 0.25) is 5.78 Å². The molecule has 0 saturated carbocycles. The molecule has 0 fully saturated rings. The van der Waals surface area contributed by atoms with Gasteiger partial charge in [-0.2, -0.15) is 0 Å². The number of carboxylic acid groups (broad SMARTS) is 1. The molecule has 0 amide bonds. The van der Waals surface area contributed by atoms with Gasteiger partial charge >= 0.3 is 29.6 Å². The van der Waals surface area contributed by atoms with Crippen molar-refractivity contribution in [1.82, 2.24) is 0 Å². The topological polar surface area (TPSA) is 94.1 Å². The summed E-state index contributed by atoms with van der Waals surface area (Å²) in [6.45, 7) is -0.570. The summed E-state index contributed by atoms with van der Waals surface area (Å²) in [6.07, 6.45) is 0. The molecule has 0 aliphatic carbocycles. The fraction of sp³-hybridized carbons (Fsp3) is 0.263. The maximum Gasteiger partial charge on any atom is 1.00 e. The number of benzene rings is 2. The third kappa shape index (κ3) is 5.31. The Hall–Kier alpha value is -1.90. The molecule has 0 aliphatic rings. The third-order valence-corrected chi connectivity index (χ3v) is 3.82. The SMILES string of the molecule is COc1ccc(C(OC)(OC)C(=O)c2ccc(OCC(=O)[O-])cc2)cc1.[Na+]. The Balaban J connectivity index is 0.00000364. The predicted molar refractivity (Wildman–Crippen MR) is 90.0 cm³/mol. The molecule has 138 valence electrons. The van der Waals surface area contributed by atoms with Crippen molar-refractivity contribution < 1.29 is 63.2 Å². The van der Waals surface area contributed by atoms with Crippen molar-refractivity contribution in [2.24, 2.45) is 0 Å². The third-order valence-electron chi connectivity index (χ3n) is 3.82. The quantitative estimate of drug-likeness (QED) is 0.286. The molecule has 27 heavy (non-hydrogen) atoms. The second-order valence-electron chi connectivity index (χ2n) is 5.27. The average molecular weight is 382 g/mol. The molecule has 0 radical (unpaired) electrons. The first-order chi connectivity index (χ1) is 12.5. The van der Waals surface area contributed by atoms with E-state index in [0.29, 0.717) is 22.6 Å². The molecule has 8 heteroatoms. The molecule has 0 bridgehead atoms. The molecule has 0 N–H and O–H groups in total. The van der Waals surface area contributed by atoms with Gasteiger partial charge in [0, 0.05) is 25.3 Å². The number of hydrogen-bond donors (Lipinski definition) is 0. The standard InChI is InChI=1S/C19H20O7.Na/c1-23-15-10-6-14(7-11-15)19(24-2,25-3)18(22)13-4-8-16(9-5-13)26-12-17(20)21;/h4-11H,12H2,1-3H3,(H,20,21);/q;+1/p-1. The molecule has 0 spiro atoms. The van der Waals surface area contributed by atoms with E-state index in [1.54, 1.807) is 31.4 Å². The molecular formula is C19H19NaO7. The number of carboxylic acids is 1. The van der Waals surface area contributed by atoms with Crippen LogP contribution in [0.1, 0.15) is 15.9 Å². The van der Waals surface area contributed by atoms with Gasteiger partial charge in [-0.3, -0.25) is 4.79 Å². The van der Waals surface area contributed by atoms with Gasteiger partial charge in [-0.15, -0.1) is 0 Å². The Labute approximate surface area is 179 Å². The first-order valence-corrected chi connectivity index (χ1v) is 7.69. The zero-order chi connectivity index (χ0) is 19.2. The maximum atomic E-state index is 13.0. The fourth-order valence-corrected chi connectivity index (χ4v) is 2.48. The number of hydrogen-bond acceptors (Lipinski definition) is 7. The second-order valence-corrected chi connectivity index (χ2v) is 5.27. The molecule has 0 atom stereocenters. The number of rotatable bonds is 9.